The molecule has 33 heavy (non-hydrogen) atoms. The van der Waals surface area contributed by atoms with Gasteiger partial charge in [0.05, 0.1) is 19.8 Å². The summed E-state index contributed by atoms with van der Waals surface area (Å²) in [5.41, 5.74) is 1.00. The van der Waals surface area contributed by atoms with Crippen molar-refractivity contribution in [3.63, 3.8) is 0 Å². The molecule has 180 valence electrons. The van der Waals surface area contributed by atoms with Crippen LogP contribution >= 0.6 is 0 Å². The molecule has 2 aromatic carbocycles. The van der Waals surface area contributed by atoms with Gasteiger partial charge in [-0.15, -0.1) is 0 Å². The van der Waals surface area contributed by atoms with Gasteiger partial charge < -0.3 is 54.7 Å². The minimum absolute atomic E-state index is 0.00638. The topological polar surface area (TPSA) is 179 Å². The monoisotopic (exact) mass is 466 g/mol. The van der Waals surface area contributed by atoms with E-state index in [1.807, 2.05) is 0 Å². The first-order valence-corrected chi connectivity index (χ1v) is 10.3. The Labute approximate surface area is 188 Å². The fourth-order valence-electron chi connectivity index (χ4n) is 4.01. The van der Waals surface area contributed by atoms with Crippen LogP contribution in [-0.4, -0.2) is 86.3 Å². The van der Waals surface area contributed by atoms with Gasteiger partial charge in [-0.2, -0.15) is 0 Å². The summed E-state index contributed by atoms with van der Waals surface area (Å²) < 4.78 is 22.1. The molecule has 4 rings (SSSR count). The molecule has 1 fully saturated rings. The molecule has 0 aliphatic carbocycles. The van der Waals surface area contributed by atoms with Gasteiger partial charge in [0, 0.05) is 18.1 Å². The predicted octanol–water partition coefficient (Wildman–Crippen LogP) is -0.678. The van der Waals surface area contributed by atoms with E-state index in [2.05, 4.69) is 0 Å². The second kappa shape index (κ2) is 9.21. The molecule has 0 bridgehead atoms. The fourth-order valence-corrected chi connectivity index (χ4v) is 4.01. The summed E-state index contributed by atoms with van der Waals surface area (Å²) in [5, 5.41) is 70.5. The third-order valence-corrected chi connectivity index (χ3v) is 5.77. The van der Waals surface area contributed by atoms with Crippen LogP contribution in [0, 0.1) is 0 Å². The average Bonchev–Trinajstić information content (AvgIpc) is 2.79. The molecule has 0 aromatic heterocycles. The number of ether oxygens (including phenoxy) is 4. The first-order valence-electron chi connectivity index (χ1n) is 10.3. The molecule has 2 aliphatic heterocycles. The first kappa shape index (κ1) is 23.4. The molecule has 11 nitrogen and oxygen atoms in total. The van der Waals surface area contributed by atoms with Gasteiger partial charge in [0.25, 0.3) is 0 Å². The van der Waals surface area contributed by atoms with Crippen molar-refractivity contribution in [1.29, 1.82) is 0 Å². The normalized spacial score (nSPS) is 31.4. The first-order chi connectivity index (χ1) is 15.7. The van der Waals surface area contributed by atoms with E-state index < -0.39 is 49.5 Å². The molecule has 2 heterocycles. The molecule has 2 aromatic rings. The number of fused-ring (bicyclic) bond motifs is 1. The number of phenolic OH excluding ortho intramolecular Hbond substituents is 2. The Bertz CT molecular complexity index is 995. The van der Waals surface area contributed by atoms with E-state index in [1.165, 1.54) is 31.4 Å². The van der Waals surface area contributed by atoms with Gasteiger partial charge in [0.2, 0.25) is 12.0 Å². The third-order valence-electron chi connectivity index (χ3n) is 5.77. The van der Waals surface area contributed by atoms with Gasteiger partial charge >= 0.3 is 0 Å². The lowest BCUT2D eigenvalue weighted by Gasteiger charge is -2.39. The summed E-state index contributed by atoms with van der Waals surface area (Å²) in [4.78, 5) is 0. The second-order valence-electron chi connectivity index (χ2n) is 7.99. The van der Waals surface area contributed by atoms with Crippen molar-refractivity contribution in [2.75, 3.05) is 13.7 Å². The lowest BCUT2D eigenvalue weighted by Crippen LogP contribution is -2.60. The molecule has 0 amide bonds. The minimum Gasteiger partial charge on any atom is -0.508 e. The SMILES string of the molecule is COc1c(O)cc([C@H]2Oc3cc(O)ccc3C[C@@H]2O)cc1O[C@@H]1O[C@H](CO)[C@@H](O)[C@H](O)[C@H]1O. The number of hydrogen-bond donors (Lipinski definition) is 7. The van der Waals surface area contributed by atoms with Gasteiger partial charge in [0.1, 0.15) is 35.9 Å². The van der Waals surface area contributed by atoms with Crippen LogP contribution in [-0.2, 0) is 11.2 Å². The van der Waals surface area contributed by atoms with Crippen LogP contribution in [0.15, 0.2) is 30.3 Å². The Balaban J connectivity index is 1.65. The van der Waals surface area contributed by atoms with Crippen LogP contribution in [0.25, 0.3) is 0 Å². The maximum atomic E-state index is 10.6. The van der Waals surface area contributed by atoms with Crippen molar-refractivity contribution >= 4 is 0 Å². The Hall–Kier alpha value is -2.80. The molecule has 7 atom stereocenters. The van der Waals surface area contributed by atoms with Gasteiger partial charge in [0.15, 0.2) is 17.6 Å². The van der Waals surface area contributed by atoms with Crippen LogP contribution in [0.1, 0.15) is 17.2 Å². The van der Waals surface area contributed by atoms with Gasteiger partial charge in [-0.05, 0) is 23.8 Å². The number of phenols is 2. The molecule has 0 unspecified atom stereocenters. The Morgan fingerprint density at radius 1 is 1.00 bits per heavy atom. The van der Waals surface area contributed by atoms with Crippen molar-refractivity contribution < 1.29 is 54.7 Å². The summed E-state index contributed by atoms with van der Waals surface area (Å²) >= 11 is 0. The lowest BCUT2D eigenvalue weighted by atomic mass is 9.94. The zero-order valence-electron chi connectivity index (χ0n) is 17.6. The van der Waals surface area contributed by atoms with E-state index >= 15 is 0 Å². The van der Waals surface area contributed by atoms with E-state index in [0.29, 0.717) is 16.9 Å². The highest BCUT2D eigenvalue weighted by Gasteiger charge is 2.45. The van der Waals surface area contributed by atoms with E-state index in [0.717, 1.165) is 0 Å². The molecular formula is C22H26O11. The maximum Gasteiger partial charge on any atom is 0.229 e. The standard InChI is InChI=1S/C22H26O11/c1-30-21-13(26)5-10(20-12(25)4-9-2-3-11(24)7-14(9)31-20)6-15(21)32-22-19(29)18(28)17(27)16(8-23)33-22/h2-3,5-7,12,16-20,22-29H,4,8H2,1H3/t12-,16+,17+,18-,19+,20+,22+/m0/s1. The highest BCUT2D eigenvalue weighted by atomic mass is 16.7. The molecule has 1 saturated heterocycles. The fraction of sp³-hybridized carbons (Fsp3) is 0.455. The Kier molecular flexibility index (Phi) is 6.52. The number of benzene rings is 2. The highest BCUT2D eigenvalue weighted by molar-refractivity contribution is 5.54. The van der Waals surface area contributed by atoms with E-state index in [-0.39, 0.29) is 29.4 Å². The van der Waals surface area contributed by atoms with E-state index in [4.69, 9.17) is 18.9 Å². The molecule has 0 saturated carbocycles. The smallest absolute Gasteiger partial charge is 0.229 e. The molecule has 2 aliphatic rings. The summed E-state index contributed by atoms with van der Waals surface area (Å²) in [5.74, 6) is -0.203. The van der Waals surface area contributed by atoms with E-state index in [9.17, 15) is 35.7 Å². The summed E-state index contributed by atoms with van der Waals surface area (Å²) in [6, 6.07) is 7.27. The number of aromatic hydroxyl groups is 2. The number of rotatable bonds is 5. The summed E-state index contributed by atoms with van der Waals surface area (Å²) in [7, 11) is 1.28. The summed E-state index contributed by atoms with van der Waals surface area (Å²) in [6.45, 7) is -0.637. The molecular weight excluding hydrogens is 440 g/mol. The van der Waals surface area contributed by atoms with Crippen molar-refractivity contribution in [1.82, 2.24) is 0 Å². The molecule has 7 N–H and O–H groups in total. The van der Waals surface area contributed by atoms with Crippen LogP contribution < -0.4 is 14.2 Å². The maximum absolute atomic E-state index is 10.6. The van der Waals surface area contributed by atoms with Crippen molar-refractivity contribution in [2.24, 2.45) is 0 Å². The number of aliphatic hydroxyl groups is 5. The van der Waals surface area contributed by atoms with Crippen LogP contribution in [0.4, 0.5) is 0 Å². The Morgan fingerprint density at radius 2 is 1.76 bits per heavy atom. The number of hydrogen-bond acceptors (Lipinski definition) is 11. The van der Waals surface area contributed by atoms with Gasteiger partial charge in [-0.25, -0.2) is 0 Å². The van der Waals surface area contributed by atoms with Crippen molar-refractivity contribution in [3.8, 4) is 28.7 Å². The third kappa shape index (κ3) is 4.38. The van der Waals surface area contributed by atoms with Crippen LogP contribution in [0.3, 0.4) is 0 Å². The average molecular weight is 466 g/mol. The van der Waals surface area contributed by atoms with E-state index in [1.54, 1.807) is 6.07 Å². The summed E-state index contributed by atoms with van der Waals surface area (Å²) in [6.07, 6.45) is -9.29. The zero-order chi connectivity index (χ0) is 23.9. The quantitative estimate of drug-likeness (QED) is 0.297. The molecule has 0 spiro atoms. The number of aliphatic hydroxyl groups excluding tert-OH is 5. The molecule has 11 heteroatoms. The Morgan fingerprint density at radius 3 is 2.45 bits per heavy atom. The van der Waals surface area contributed by atoms with Crippen molar-refractivity contribution in [2.45, 2.75) is 49.3 Å². The van der Waals surface area contributed by atoms with Gasteiger partial charge in [-0.1, -0.05) is 6.07 Å². The lowest BCUT2D eigenvalue weighted by molar-refractivity contribution is -0.277. The highest BCUT2D eigenvalue weighted by Crippen LogP contribution is 2.44. The van der Waals surface area contributed by atoms with Crippen LogP contribution in [0.5, 0.6) is 28.7 Å². The molecule has 0 radical (unpaired) electrons. The zero-order valence-corrected chi connectivity index (χ0v) is 17.6. The largest absolute Gasteiger partial charge is 0.508 e. The van der Waals surface area contributed by atoms with Crippen molar-refractivity contribution in [3.05, 3.63) is 41.5 Å². The number of methoxy groups -OCH3 is 1. The van der Waals surface area contributed by atoms with Gasteiger partial charge in [-0.3, -0.25) is 0 Å². The second-order valence-corrected chi connectivity index (χ2v) is 7.99. The minimum atomic E-state index is -1.68. The predicted molar refractivity (Wildman–Crippen MR) is 110 cm³/mol. The van der Waals surface area contributed by atoms with Crippen LogP contribution in [0.2, 0.25) is 0 Å².